The minimum absolute atomic E-state index is 0.0325. The van der Waals surface area contributed by atoms with Gasteiger partial charge in [0.15, 0.2) is 0 Å². The van der Waals surface area contributed by atoms with E-state index in [2.05, 4.69) is 27.7 Å². The zero-order valence-electron chi connectivity index (χ0n) is 14.5. The standard InChI is InChI=1S/C20H34O/c1-17(2)8-5-9-19(4)15(17)7-6-14-12-16(21)18(3)10-11-20(14,19)13-18/h14-16,21H,5-13H2,1-4H3/t14-,15?,16?,18+,19-,20+/m0/s1. The van der Waals surface area contributed by atoms with Crippen molar-refractivity contribution in [2.75, 3.05) is 0 Å². The van der Waals surface area contributed by atoms with E-state index >= 15 is 0 Å². The van der Waals surface area contributed by atoms with Crippen molar-refractivity contribution in [1.82, 2.24) is 0 Å². The lowest BCUT2D eigenvalue weighted by Gasteiger charge is -2.67. The Morgan fingerprint density at radius 1 is 0.905 bits per heavy atom. The second kappa shape index (κ2) is 4.08. The molecule has 0 aromatic carbocycles. The van der Waals surface area contributed by atoms with Gasteiger partial charge in [0.25, 0.3) is 0 Å². The molecule has 1 heteroatoms. The largest absolute Gasteiger partial charge is 0.393 e. The van der Waals surface area contributed by atoms with Gasteiger partial charge in [-0.15, -0.1) is 0 Å². The van der Waals surface area contributed by atoms with Crippen LogP contribution in [0.5, 0.6) is 0 Å². The monoisotopic (exact) mass is 290 g/mol. The number of hydrogen-bond donors (Lipinski definition) is 1. The van der Waals surface area contributed by atoms with Gasteiger partial charge in [-0.25, -0.2) is 0 Å². The van der Waals surface area contributed by atoms with Crippen LogP contribution in [0.3, 0.4) is 0 Å². The Labute approximate surface area is 130 Å². The zero-order chi connectivity index (χ0) is 15.1. The Morgan fingerprint density at radius 2 is 1.67 bits per heavy atom. The van der Waals surface area contributed by atoms with Gasteiger partial charge in [-0.05, 0) is 84.9 Å². The summed E-state index contributed by atoms with van der Waals surface area (Å²) in [5.41, 5.74) is 1.85. The smallest absolute Gasteiger partial charge is 0.0596 e. The Morgan fingerprint density at radius 3 is 2.43 bits per heavy atom. The Bertz CT molecular complexity index is 455. The number of hydrogen-bond acceptors (Lipinski definition) is 1. The van der Waals surface area contributed by atoms with Crippen molar-refractivity contribution in [3.63, 3.8) is 0 Å². The minimum Gasteiger partial charge on any atom is -0.393 e. The van der Waals surface area contributed by atoms with Gasteiger partial charge in [-0.1, -0.05) is 34.1 Å². The molecule has 1 N–H and O–H groups in total. The number of fused-ring (bicyclic) bond motifs is 2. The predicted octanol–water partition coefficient (Wildman–Crippen LogP) is 5.17. The number of aliphatic hydroxyl groups is 1. The van der Waals surface area contributed by atoms with E-state index in [1.165, 1.54) is 51.4 Å². The van der Waals surface area contributed by atoms with E-state index in [-0.39, 0.29) is 11.5 Å². The summed E-state index contributed by atoms with van der Waals surface area (Å²) in [5.74, 6) is 1.71. The maximum Gasteiger partial charge on any atom is 0.0596 e. The van der Waals surface area contributed by atoms with Crippen molar-refractivity contribution in [3.05, 3.63) is 0 Å². The molecule has 4 aliphatic rings. The third-order valence-corrected chi connectivity index (χ3v) is 9.13. The van der Waals surface area contributed by atoms with E-state index in [9.17, 15) is 5.11 Å². The van der Waals surface area contributed by atoms with Crippen LogP contribution in [0.25, 0.3) is 0 Å². The molecule has 6 atom stereocenters. The van der Waals surface area contributed by atoms with Crippen LogP contribution in [-0.4, -0.2) is 11.2 Å². The predicted molar refractivity (Wildman–Crippen MR) is 87.0 cm³/mol. The summed E-state index contributed by atoms with van der Waals surface area (Å²) in [6.07, 6.45) is 12.1. The fourth-order valence-electron chi connectivity index (χ4n) is 7.96. The second-order valence-corrected chi connectivity index (χ2v) is 10.3. The first-order valence-electron chi connectivity index (χ1n) is 9.42. The molecule has 4 aliphatic carbocycles. The summed E-state index contributed by atoms with van der Waals surface area (Å²) < 4.78 is 0. The average Bonchev–Trinajstić information content (AvgIpc) is 2.70. The normalized spacial score (nSPS) is 58.4. The molecule has 4 saturated carbocycles. The first kappa shape index (κ1) is 14.5. The third kappa shape index (κ3) is 1.62. The lowest BCUT2D eigenvalue weighted by molar-refractivity contribution is -0.189. The lowest BCUT2D eigenvalue weighted by Crippen LogP contribution is -2.60. The van der Waals surface area contributed by atoms with E-state index in [1.807, 2.05) is 0 Å². The van der Waals surface area contributed by atoms with Gasteiger partial charge in [-0.2, -0.15) is 0 Å². The summed E-state index contributed by atoms with van der Waals surface area (Å²) in [6.45, 7) is 10.1. The first-order chi connectivity index (χ1) is 9.74. The molecule has 2 unspecified atom stereocenters. The molecule has 0 aromatic heterocycles. The topological polar surface area (TPSA) is 20.2 Å². The third-order valence-electron chi connectivity index (χ3n) is 9.13. The van der Waals surface area contributed by atoms with Crippen molar-refractivity contribution < 1.29 is 5.11 Å². The molecular formula is C20H34O. The van der Waals surface area contributed by atoms with Crippen molar-refractivity contribution >= 4 is 0 Å². The van der Waals surface area contributed by atoms with Gasteiger partial charge >= 0.3 is 0 Å². The van der Waals surface area contributed by atoms with Gasteiger partial charge in [-0.3, -0.25) is 0 Å². The maximum atomic E-state index is 10.7. The highest BCUT2D eigenvalue weighted by atomic mass is 16.3. The maximum absolute atomic E-state index is 10.7. The summed E-state index contributed by atoms with van der Waals surface area (Å²) in [6, 6.07) is 0. The summed E-state index contributed by atoms with van der Waals surface area (Å²) in [7, 11) is 0. The molecule has 4 rings (SSSR count). The van der Waals surface area contributed by atoms with E-state index in [0.29, 0.717) is 16.2 Å². The molecule has 2 bridgehead atoms. The molecule has 0 saturated heterocycles. The van der Waals surface area contributed by atoms with Crippen molar-refractivity contribution in [2.45, 2.75) is 91.6 Å². The van der Waals surface area contributed by atoms with E-state index in [4.69, 9.17) is 0 Å². The highest BCUT2D eigenvalue weighted by Crippen LogP contribution is 2.76. The Hall–Kier alpha value is -0.0400. The second-order valence-electron chi connectivity index (χ2n) is 10.3. The van der Waals surface area contributed by atoms with Gasteiger partial charge < -0.3 is 5.11 Å². The fraction of sp³-hybridized carbons (Fsp3) is 1.00. The van der Waals surface area contributed by atoms with Crippen LogP contribution in [0.15, 0.2) is 0 Å². The molecule has 1 spiro atoms. The SMILES string of the molecule is CC1(C)CCC[C@@]2(C)C1CC[C@H]1CC(O)[C@]3(C)CC[C@@]12C3. The van der Waals surface area contributed by atoms with Crippen LogP contribution in [0.1, 0.15) is 85.5 Å². The Kier molecular flexibility index (Phi) is 2.82. The average molecular weight is 290 g/mol. The molecule has 0 heterocycles. The van der Waals surface area contributed by atoms with Crippen molar-refractivity contribution in [2.24, 2.45) is 33.5 Å². The Balaban J connectivity index is 1.79. The molecule has 0 aromatic rings. The van der Waals surface area contributed by atoms with Crippen LogP contribution in [-0.2, 0) is 0 Å². The van der Waals surface area contributed by atoms with Crippen molar-refractivity contribution in [1.29, 1.82) is 0 Å². The number of rotatable bonds is 0. The van der Waals surface area contributed by atoms with E-state index < -0.39 is 0 Å². The summed E-state index contributed by atoms with van der Waals surface area (Å²) >= 11 is 0. The van der Waals surface area contributed by atoms with Crippen LogP contribution in [0, 0.1) is 33.5 Å². The van der Waals surface area contributed by atoms with E-state index in [0.717, 1.165) is 18.3 Å². The van der Waals surface area contributed by atoms with Gasteiger partial charge in [0.1, 0.15) is 0 Å². The quantitative estimate of drug-likeness (QED) is 0.652. The minimum atomic E-state index is -0.0325. The molecule has 0 amide bonds. The molecule has 4 fully saturated rings. The first-order valence-corrected chi connectivity index (χ1v) is 9.42. The highest BCUT2D eigenvalue weighted by Gasteiger charge is 2.68. The van der Waals surface area contributed by atoms with Gasteiger partial charge in [0.05, 0.1) is 6.10 Å². The number of aliphatic hydroxyl groups excluding tert-OH is 1. The van der Waals surface area contributed by atoms with Gasteiger partial charge in [0, 0.05) is 0 Å². The van der Waals surface area contributed by atoms with E-state index in [1.54, 1.807) is 0 Å². The van der Waals surface area contributed by atoms with Crippen LogP contribution in [0.4, 0.5) is 0 Å². The van der Waals surface area contributed by atoms with Crippen LogP contribution in [0.2, 0.25) is 0 Å². The molecule has 21 heavy (non-hydrogen) atoms. The molecule has 1 nitrogen and oxygen atoms in total. The molecule has 120 valence electrons. The zero-order valence-corrected chi connectivity index (χ0v) is 14.5. The fourth-order valence-corrected chi connectivity index (χ4v) is 7.96. The highest BCUT2D eigenvalue weighted by molar-refractivity contribution is 5.18. The molecular weight excluding hydrogens is 256 g/mol. The van der Waals surface area contributed by atoms with Crippen LogP contribution < -0.4 is 0 Å². The molecule has 0 radical (unpaired) electrons. The summed E-state index contributed by atoms with van der Waals surface area (Å²) in [5, 5.41) is 10.7. The lowest BCUT2D eigenvalue weighted by atomic mass is 9.38. The summed E-state index contributed by atoms with van der Waals surface area (Å²) in [4.78, 5) is 0. The van der Waals surface area contributed by atoms with Crippen molar-refractivity contribution in [3.8, 4) is 0 Å². The molecule has 0 aliphatic heterocycles. The van der Waals surface area contributed by atoms with Crippen LogP contribution >= 0.6 is 0 Å². The van der Waals surface area contributed by atoms with Gasteiger partial charge in [0.2, 0.25) is 0 Å².